The van der Waals surface area contributed by atoms with Crippen LogP contribution in [0.1, 0.15) is 18.9 Å². The summed E-state index contributed by atoms with van der Waals surface area (Å²) in [6, 6.07) is 9.99. The summed E-state index contributed by atoms with van der Waals surface area (Å²) in [5.74, 6) is 0.817. The van der Waals surface area contributed by atoms with Crippen LogP contribution >= 0.6 is 11.8 Å². The number of hydrogen-bond donors (Lipinski definition) is 0. The second-order valence-corrected chi connectivity index (χ2v) is 4.87. The summed E-state index contributed by atoms with van der Waals surface area (Å²) in [6.07, 6.45) is 4.21. The lowest BCUT2D eigenvalue weighted by Crippen LogP contribution is -2.11. The number of thioether (sulfide) groups is 1. The van der Waals surface area contributed by atoms with Crippen LogP contribution in [0.3, 0.4) is 0 Å². The third-order valence-corrected chi connectivity index (χ3v) is 3.06. The first-order valence-corrected chi connectivity index (χ1v) is 6.66. The molecule has 17 heavy (non-hydrogen) atoms. The van der Waals surface area contributed by atoms with E-state index in [1.165, 1.54) is 11.8 Å². The van der Waals surface area contributed by atoms with E-state index in [9.17, 15) is 4.79 Å². The number of hydrogen-bond acceptors (Lipinski definition) is 3. The van der Waals surface area contributed by atoms with Crippen molar-refractivity contribution >= 4 is 23.0 Å². The number of carbonyl (C=O) groups is 1. The first kappa shape index (κ1) is 14.0. The SMILES string of the molecule is CCSC(=O)CC(/C=C/c1ccccc1)OC. The predicted molar refractivity (Wildman–Crippen MR) is 74.0 cm³/mol. The van der Waals surface area contributed by atoms with Crippen molar-refractivity contribution in [2.24, 2.45) is 0 Å². The van der Waals surface area contributed by atoms with Crippen LogP contribution in [0.2, 0.25) is 0 Å². The molecule has 0 saturated carbocycles. The van der Waals surface area contributed by atoms with Crippen molar-refractivity contribution in [2.45, 2.75) is 19.4 Å². The lowest BCUT2D eigenvalue weighted by Gasteiger charge is -2.09. The van der Waals surface area contributed by atoms with Crippen LogP contribution in [-0.2, 0) is 9.53 Å². The predicted octanol–water partition coefficient (Wildman–Crippen LogP) is 3.38. The van der Waals surface area contributed by atoms with Crippen LogP contribution in [0.15, 0.2) is 36.4 Å². The van der Waals surface area contributed by atoms with Crippen molar-refractivity contribution in [1.29, 1.82) is 0 Å². The minimum absolute atomic E-state index is 0.137. The summed E-state index contributed by atoms with van der Waals surface area (Å²) in [5, 5.41) is 0.178. The first-order chi connectivity index (χ1) is 8.26. The molecule has 0 heterocycles. The lowest BCUT2D eigenvalue weighted by atomic mass is 10.1. The van der Waals surface area contributed by atoms with Gasteiger partial charge in [0.1, 0.15) is 0 Å². The highest BCUT2D eigenvalue weighted by molar-refractivity contribution is 8.13. The molecule has 1 rings (SSSR count). The van der Waals surface area contributed by atoms with Gasteiger partial charge >= 0.3 is 0 Å². The Bertz CT molecular complexity index is 360. The van der Waals surface area contributed by atoms with Gasteiger partial charge < -0.3 is 4.74 Å². The van der Waals surface area contributed by atoms with E-state index >= 15 is 0 Å². The molecule has 0 bridgehead atoms. The average Bonchev–Trinajstić information content (AvgIpc) is 2.36. The molecule has 3 heteroatoms. The number of benzene rings is 1. The van der Waals surface area contributed by atoms with Crippen molar-refractivity contribution in [2.75, 3.05) is 12.9 Å². The van der Waals surface area contributed by atoms with Crippen LogP contribution in [0, 0.1) is 0 Å². The minimum atomic E-state index is -0.137. The quantitative estimate of drug-likeness (QED) is 0.774. The maximum Gasteiger partial charge on any atom is 0.191 e. The topological polar surface area (TPSA) is 26.3 Å². The molecule has 1 unspecified atom stereocenters. The van der Waals surface area contributed by atoms with Gasteiger partial charge in [-0.25, -0.2) is 0 Å². The van der Waals surface area contributed by atoms with E-state index in [0.717, 1.165) is 11.3 Å². The monoisotopic (exact) mass is 250 g/mol. The Balaban J connectivity index is 2.52. The van der Waals surface area contributed by atoms with E-state index in [2.05, 4.69) is 0 Å². The zero-order valence-electron chi connectivity index (χ0n) is 10.3. The van der Waals surface area contributed by atoms with Gasteiger partial charge in [0.15, 0.2) is 5.12 Å². The molecule has 0 N–H and O–H groups in total. The molecule has 1 aromatic rings. The van der Waals surface area contributed by atoms with E-state index in [1.807, 2.05) is 49.4 Å². The molecule has 0 fully saturated rings. The fraction of sp³-hybridized carbons (Fsp3) is 0.357. The number of carbonyl (C=O) groups excluding carboxylic acids is 1. The highest BCUT2D eigenvalue weighted by atomic mass is 32.2. The van der Waals surface area contributed by atoms with E-state index in [4.69, 9.17) is 4.74 Å². The van der Waals surface area contributed by atoms with Crippen molar-refractivity contribution < 1.29 is 9.53 Å². The molecule has 2 nitrogen and oxygen atoms in total. The molecular formula is C14H18O2S. The molecule has 0 radical (unpaired) electrons. The Hall–Kier alpha value is -1.06. The Morgan fingerprint density at radius 1 is 1.41 bits per heavy atom. The van der Waals surface area contributed by atoms with Gasteiger partial charge in [0, 0.05) is 13.5 Å². The standard InChI is InChI=1S/C14H18O2S/c1-3-17-14(15)11-13(16-2)10-9-12-7-5-4-6-8-12/h4-10,13H,3,11H2,1-2H3/b10-9+. The van der Waals surface area contributed by atoms with Crippen molar-refractivity contribution in [3.8, 4) is 0 Å². The molecule has 1 aromatic carbocycles. The summed E-state index contributed by atoms with van der Waals surface area (Å²) in [6.45, 7) is 1.98. The van der Waals surface area contributed by atoms with Crippen LogP contribution in [0.25, 0.3) is 6.08 Å². The van der Waals surface area contributed by atoms with Crippen molar-refractivity contribution in [1.82, 2.24) is 0 Å². The van der Waals surface area contributed by atoms with Crippen LogP contribution in [0.4, 0.5) is 0 Å². The van der Waals surface area contributed by atoms with Gasteiger partial charge in [-0.3, -0.25) is 4.79 Å². The van der Waals surface area contributed by atoms with Crippen LogP contribution < -0.4 is 0 Å². The Morgan fingerprint density at radius 3 is 2.71 bits per heavy atom. The third kappa shape index (κ3) is 5.71. The fourth-order valence-corrected chi connectivity index (χ4v) is 2.00. The van der Waals surface area contributed by atoms with Crippen LogP contribution in [0.5, 0.6) is 0 Å². The Kier molecular flexibility index (Phi) is 6.67. The number of rotatable bonds is 6. The molecule has 0 aromatic heterocycles. The van der Waals surface area contributed by atoms with E-state index in [1.54, 1.807) is 7.11 Å². The lowest BCUT2D eigenvalue weighted by molar-refractivity contribution is -0.112. The molecule has 1 atom stereocenters. The average molecular weight is 250 g/mol. The van der Waals surface area contributed by atoms with Crippen LogP contribution in [-0.4, -0.2) is 24.1 Å². The zero-order chi connectivity index (χ0) is 12.5. The van der Waals surface area contributed by atoms with Gasteiger partial charge in [-0.1, -0.05) is 61.2 Å². The summed E-state index contributed by atoms with van der Waals surface area (Å²) >= 11 is 1.34. The smallest absolute Gasteiger partial charge is 0.191 e. The fourth-order valence-electron chi connectivity index (χ4n) is 1.40. The van der Waals surface area contributed by atoms with Crippen molar-refractivity contribution in [3.05, 3.63) is 42.0 Å². The third-order valence-electron chi connectivity index (χ3n) is 2.28. The van der Waals surface area contributed by atoms with Gasteiger partial charge in [0.2, 0.25) is 0 Å². The van der Waals surface area contributed by atoms with Crippen molar-refractivity contribution in [3.63, 3.8) is 0 Å². The second-order valence-electron chi connectivity index (χ2n) is 3.55. The summed E-state index contributed by atoms with van der Waals surface area (Å²) in [7, 11) is 1.63. The maximum absolute atomic E-state index is 11.5. The van der Waals surface area contributed by atoms with E-state index in [-0.39, 0.29) is 11.2 Å². The first-order valence-electron chi connectivity index (χ1n) is 5.68. The largest absolute Gasteiger partial charge is 0.377 e. The normalized spacial score (nSPS) is 12.8. The molecule has 0 amide bonds. The second kappa shape index (κ2) is 8.09. The molecule has 0 aliphatic carbocycles. The Labute approximate surface area is 107 Å². The van der Waals surface area contributed by atoms with E-state index < -0.39 is 0 Å². The van der Waals surface area contributed by atoms with Gasteiger partial charge in [0.25, 0.3) is 0 Å². The number of ether oxygens (including phenoxy) is 1. The van der Waals surface area contributed by atoms with E-state index in [0.29, 0.717) is 6.42 Å². The zero-order valence-corrected chi connectivity index (χ0v) is 11.1. The highest BCUT2D eigenvalue weighted by Crippen LogP contribution is 2.11. The molecular weight excluding hydrogens is 232 g/mol. The number of methoxy groups -OCH3 is 1. The van der Waals surface area contributed by atoms with Gasteiger partial charge in [-0.05, 0) is 11.3 Å². The maximum atomic E-state index is 11.5. The minimum Gasteiger partial charge on any atom is -0.377 e. The molecule has 92 valence electrons. The molecule has 0 spiro atoms. The highest BCUT2D eigenvalue weighted by Gasteiger charge is 2.09. The van der Waals surface area contributed by atoms with Gasteiger partial charge in [-0.15, -0.1) is 0 Å². The van der Waals surface area contributed by atoms with Gasteiger partial charge in [-0.2, -0.15) is 0 Å². The summed E-state index contributed by atoms with van der Waals surface area (Å²) in [4.78, 5) is 11.5. The molecule has 0 aliphatic rings. The molecule has 0 saturated heterocycles. The summed E-state index contributed by atoms with van der Waals surface area (Å²) in [5.41, 5.74) is 1.12. The van der Waals surface area contributed by atoms with Gasteiger partial charge in [0.05, 0.1) is 6.10 Å². The Morgan fingerprint density at radius 2 is 2.12 bits per heavy atom. The molecule has 0 aliphatic heterocycles. The summed E-state index contributed by atoms with van der Waals surface area (Å²) < 4.78 is 5.27.